The highest BCUT2D eigenvalue weighted by molar-refractivity contribution is 7.90. The molecule has 3 unspecified atom stereocenters. The number of rotatable bonds is 6. The Labute approximate surface area is 307 Å². The first kappa shape index (κ1) is 36.7. The van der Waals surface area contributed by atoms with E-state index in [0.717, 1.165) is 82.2 Å². The molecule has 3 heterocycles. The number of amides is 1. The van der Waals surface area contributed by atoms with Crippen molar-refractivity contribution >= 4 is 33.2 Å². The van der Waals surface area contributed by atoms with Crippen molar-refractivity contribution in [3.63, 3.8) is 0 Å². The van der Waals surface area contributed by atoms with Crippen molar-refractivity contribution in [3.05, 3.63) is 70.3 Å². The molecule has 0 aromatic heterocycles. The number of halogens is 1. The van der Waals surface area contributed by atoms with Gasteiger partial charge in [0.15, 0.2) is 0 Å². The number of aryl methyl sites for hydroxylation is 1. The Morgan fingerprint density at radius 3 is 2.73 bits per heavy atom. The molecular weight excluding hydrogens is 690 g/mol. The van der Waals surface area contributed by atoms with Crippen molar-refractivity contribution in [2.24, 2.45) is 11.8 Å². The lowest BCUT2D eigenvalue weighted by molar-refractivity contribution is -0.0315. The molecule has 2 bridgehead atoms. The predicted molar refractivity (Wildman–Crippen MR) is 198 cm³/mol. The van der Waals surface area contributed by atoms with Gasteiger partial charge in [-0.3, -0.25) is 9.69 Å². The molecule has 3 aliphatic heterocycles. The average molecular weight is 742 g/mol. The lowest BCUT2D eigenvalue weighted by Crippen LogP contribution is -2.50. The highest BCUT2D eigenvalue weighted by atomic mass is 35.5. The molecule has 1 amide bonds. The molecule has 1 N–H and O–H groups in total. The number of nitrogens with one attached hydrogen (secondary N) is 1. The topological polar surface area (TPSA) is 107 Å². The molecule has 51 heavy (non-hydrogen) atoms. The van der Waals surface area contributed by atoms with E-state index in [1.165, 1.54) is 18.2 Å². The third-order valence-electron chi connectivity index (χ3n) is 11.9. The Bertz CT molecular complexity index is 1700. The van der Waals surface area contributed by atoms with Crippen molar-refractivity contribution in [1.29, 1.82) is 0 Å². The van der Waals surface area contributed by atoms with Crippen LogP contribution in [-0.2, 0) is 36.1 Å². The van der Waals surface area contributed by atoms with Crippen LogP contribution in [0.25, 0.3) is 0 Å². The fourth-order valence-corrected chi connectivity index (χ4v) is 10.7. The zero-order valence-electron chi connectivity index (χ0n) is 29.9. The van der Waals surface area contributed by atoms with Crippen molar-refractivity contribution in [3.8, 4) is 5.75 Å². The number of morpholine rings is 1. The number of hydrogen-bond donors (Lipinski definition) is 1. The number of methoxy groups -OCH3 is 1. The lowest BCUT2D eigenvalue weighted by atomic mass is 9.68. The van der Waals surface area contributed by atoms with Gasteiger partial charge in [-0.15, -0.1) is 0 Å². The molecule has 1 spiro atoms. The van der Waals surface area contributed by atoms with E-state index >= 15 is 0 Å². The molecule has 2 aromatic carbocycles. The first-order valence-corrected chi connectivity index (χ1v) is 20.6. The van der Waals surface area contributed by atoms with Gasteiger partial charge >= 0.3 is 0 Å². The molecule has 0 radical (unpaired) electrons. The second-order valence-corrected chi connectivity index (χ2v) is 17.3. The largest absolute Gasteiger partial charge is 0.490 e. The summed E-state index contributed by atoms with van der Waals surface area (Å²) < 4.78 is 54.5. The van der Waals surface area contributed by atoms with E-state index < -0.39 is 27.3 Å². The second-order valence-electron chi connectivity index (χ2n) is 14.9. The van der Waals surface area contributed by atoms with E-state index in [2.05, 4.69) is 32.7 Å². The molecule has 2 fully saturated rings. The minimum Gasteiger partial charge on any atom is -0.490 e. The normalized spacial score (nSPS) is 31.7. The molecule has 12 heteroatoms. The summed E-state index contributed by atoms with van der Waals surface area (Å²) in [6.07, 6.45) is 9.19. The second kappa shape index (κ2) is 15.7. The summed E-state index contributed by atoms with van der Waals surface area (Å²) in [6.45, 7) is 8.55. The van der Waals surface area contributed by atoms with Crippen LogP contribution in [0.5, 0.6) is 5.75 Å². The molecule has 5 aliphatic rings. The number of nitrogens with zero attached hydrogens (tertiary/aromatic N) is 2. The lowest BCUT2D eigenvalue weighted by Gasteiger charge is -2.46. The van der Waals surface area contributed by atoms with Crippen molar-refractivity contribution in [2.75, 3.05) is 71.2 Å². The summed E-state index contributed by atoms with van der Waals surface area (Å²) in [5.41, 5.74) is 3.38. The van der Waals surface area contributed by atoms with Gasteiger partial charge in [-0.1, -0.05) is 36.7 Å². The average Bonchev–Trinajstić information content (AvgIpc) is 3.26. The number of carbonyl (C=O) groups excluding carboxylic acids is 1. The van der Waals surface area contributed by atoms with Gasteiger partial charge in [0.05, 0.1) is 44.3 Å². The minimum absolute atomic E-state index is 0.118. The van der Waals surface area contributed by atoms with Crippen LogP contribution in [-0.4, -0.2) is 103 Å². The van der Waals surface area contributed by atoms with Crippen molar-refractivity contribution < 1.29 is 32.2 Å². The summed E-state index contributed by atoms with van der Waals surface area (Å²) in [5, 5.41) is -0.173. The Morgan fingerprint density at radius 1 is 1.12 bits per heavy atom. The number of anilines is 1. The van der Waals surface area contributed by atoms with Gasteiger partial charge in [0.2, 0.25) is 10.0 Å². The SMILES string of the molecule is CC[C@@H]1[C@@H](OC)C/C=C/C(OCCN2CCOCC2)C2CCC2CN2C[C@@]3(CCCc4cc(Cl)ccc43)COc3ccc(cc32)C(=O)NS1(=O)=O. The van der Waals surface area contributed by atoms with Crippen molar-refractivity contribution in [2.45, 2.75) is 74.7 Å². The van der Waals surface area contributed by atoms with Gasteiger partial charge in [0, 0.05) is 55.8 Å². The minimum atomic E-state index is -4.07. The molecule has 7 rings (SSSR count). The fraction of sp³-hybridized carbons (Fsp3) is 0.615. The molecule has 1 saturated heterocycles. The fourth-order valence-electron chi connectivity index (χ4n) is 8.95. The molecule has 6 atom stereocenters. The van der Waals surface area contributed by atoms with Gasteiger partial charge in [-0.2, -0.15) is 0 Å². The van der Waals surface area contributed by atoms with E-state index in [1.807, 2.05) is 31.2 Å². The molecule has 2 aromatic rings. The van der Waals surface area contributed by atoms with Crippen LogP contribution >= 0.6 is 11.6 Å². The van der Waals surface area contributed by atoms with Crippen LogP contribution < -0.4 is 14.4 Å². The number of sulfonamides is 1. The maximum Gasteiger partial charge on any atom is 0.264 e. The molecule has 1 saturated carbocycles. The number of hydrogen-bond acceptors (Lipinski definition) is 9. The Morgan fingerprint density at radius 2 is 1.96 bits per heavy atom. The molecule has 10 nitrogen and oxygen atoms in total. The standard InChI is InChI=1S/C39H52ClN3O7S/c1-3-37-36(47-2)8-4-7-34(49-21-18-42-16-19-48-20-17-42)31-12-9-29(31)24-43-25-39(15-5-6-27-22-30(40)11-13-32(27)39)26-50-35-14-10-28(23-33(35)43)38(44)41-51(37,45)46/h4,7,10-11,13-14,22-23,29,31,34,36-37H,3,5-6,8-9,12,15-21,24-26H2,1-2H3,(H,41,44)/b7-4+/t29?,31?,34?,36-,37+,39-/m0/s1. The first-order chi connectivity index (χ1) is 24.7. The van der Waals surface area contributed by atoms with Crippen LogP contribution in [0.2, 0.25) is 5.02 Å². The van der Waals surface area contributed by atoms with E-state index in [1.54, 1.807) is 6.07 Å². The van der Waals surface area contributed by atoms with E-state index in [4.69, 9.17) is 30.5 Å². The Kier molecular flexibility index (Phi) is 11.3. The zero-order valence-corrected chi connectivity index (χ0v) is 31.4. The number of ether oxygens (including phenoxy) is 4. The Balaban J connectivity index is 1.25. The molecular formula is C39H52ClN3O7S. The van der Waals surface area contributed by atoms with Crippen LogP contribution in [0.3, 0.4) is 0 Å². The zero-order chi connectivity index (χ0) is 35.6. The summed E-state index contributed by atoms with van der Waals surface area (Å²) >= 11 is 6.47. The summed E-state index contributed by atoms with van der Waals surface area (Å²) in [4.78, 5) is 18.5. The van der Waals surface area contributed by atoms with Gasteiger partial charge in [-0.05, 0) is 98.2 Å². The molecule has 278 valence electrons. The quantitative estimate of drug-likeness (QED) is 0.392. The van der Waals surface area contributed by atoms with E-state index in [0.29, 0.717) is 44.3 Å². The van der Waals surface area contributed by atoms with Gasteiger partial charge in [0.1, 0.15) is 11.0 Å². The maximum absolute atomic E-state index is 13.7. The predicted octanol–water partition coefficient (Wildman–Crippen LogP) is 5.37. The van der Waals surface area contributed by atoms with Crippen LogP contribution in [0.15, 0.2) is 48.6 Å². The van der Waals surface area contributed by atoms with Gasteiger partial charge in [0.25, 0.3) is 5.91 Å². The number of benzene rings is 2. The maximum atomic E-state index is 13.7. The van der Waals surface area contributed by atoms with Gasteiger partial charge in [-0.25, -0.2) is 13.1 Å². The van der Waals surface area contributed by atoms with Crippen LogP contribution in [0.4, 0.5) is 5.69 Å². The summed E-state index contributed by atoms with van der Waals surface area (Å²) in [5.74, 6) is 0.693. The van der Waals surface area contributed by atoms with E-state index in [-0.39, 0.29) is 23.0 Å². The first-order valence-electron chi connectivity index (χ1n) is 18.7. The third-order valence-corrected chi connectivity index (χ3v) is 14.1. The summed E-state index contributed by atoms with van der Waals surface area (Å²) in [6, 6.07) is 11.6. The van der Waals surface area contributed by atoms with Crippen LogP contribution in [0, 0.1) is 11.8 Å². The third kappa shape index (κ3) is 7.85. The summed E-state index contributed by atoms with van der Waals surface area (Å²) in [7, 11) is -2.54. The Hall–Kier alpha value is -2.67. The number of fused-ring (bicyclic) bond motifs is 4. The monoisotopic (exact) mass is 741 g/mol. The van der Waals surface area contributed by atoms with Crippen molar-refractivity contribution in [1.82, 2.24) is 9.62 Å². The van der Waals surface area contributed by atoms with Gasteiger partial charge < -0.3 is 23.8 Å². The van der Waals surface area contributed by atoms with Crippen LogP contribution in [0.1, 0.15) is 66.9 Å². The number of carbonyl (C=O) groups is 1. The highest BCUT2D eigenvalue weighted by Crippen LogP contribution is 2.47. The molecule has 2 aliphatic carbocycles. The smallest absolute Gasteiger partial charge is 0.264 e. The highest BCUT2D eigenvalue weighted by Gasteiger charge is 2.45. The van der Waals surface area contributed by atoms with E-state index in [9.17, 15) is 13.2 Å².